The molecule has 2 N–H and O–H groups in total. The number of carbonyl (C=O) groups excluding carboxylic acids is 1. The van der Waals surface area contributed by atoms with Gasteiger partial charge in [-0.25, -0.2) is 4.52 Å². The number of methoxy groups -OCH3 is 1. The Bertz CT molecular complexity index is 1050. The van der Waals surface area contributed by atoms with Gasteiger partial charge >= 0.3 is 0 Å². The highest BCUT2D eigenvalue weighted by Gasteiger charge is 2.12. The van der Waals surface area contributed by atoms with Gasteiger partial charge in [-0.2, -0.15) is 10.2 Å². The van der Waals surface area contributed by atoms with E-state index in [0.29, 0.717) is 17.1 Å². The average Bonchev–Trinajstić information content (AvgIpc) is 3.31. The Morgan fingerprint density at radius 3 is 3.00 bits per heavy atom. The van der Waals surface area contributed by atoms with Crippen molar-refractivity contribution in [3.63, 3.8) is 0 Å². The summed E-state index contributed by atoms with van der Waals surface area (Å²) in [5.74, 6) is 0.478. The van der Waals surface area contributed by atoms with E-state index in [0.717, 1.165) is 16.8 Å². The van der Waals surface area contributed by atoms with Crippen molar-refractivity contribution in [2.24, 2.45) is 0 Å². The van der Waals surface area contributed by atoms with E-state index in [9.17, 15) is 4.79 Å². The van der Waals surface area contributed by atoms with Crippen LogP contribution in [0.15, 0.2) is 60.9 Å². The van der Waals surface area contributed by atoms with E-state index in [1.165, 1.54) is 0 Å². The number of anilines is 1. The Kier molecular flexibility index (Phi) is 3.66. The summed E-state index contributed by atoms with van der Waals surface area (Å²) >= 11 is 0. The molecule has 25 heavy (non-hydrogen) atoms. The maximum atomic E-state index is 12.4. The summed E-state index contributed by atoms with van der Waals surface area (Å²) < 4.78 is 6.94. The molecule has 0 bridgehead atoms. The van der Waals surface area contributed by atoms with Crippen LogP contribution in [0.2, 0.25) is 0 Å². The number of amides is 1. The smallest absolute Gasteiger partial charge is 0.273 e. The van der Waals surface area contributed by atoms with Crippen LogP contribution in [0.25, 0.3) is 16.8 Å². The van der Waals surface area contributed by atoms with E-state index >= 15 is 0 Å². The van der Waals surface area contributed by atoms with Crippen LogP contribution in [-0.4, -0.2) is 32.8 Å². The molecule has 3 aromatic heterocycles. The normalized spacial score (nSPS) is 10.8. The molecule has 0 aliphatic heterocycles. The number of pyridine rings is 1. The molecule has 0 saturated carbocycles. The first kappa shape index (κ1) is 14.9. The lowest BCUT2D eigenvalue weighted by Gasteiger charge is -2.03. The molecule has 7 nitrogen and oxygen atoms in total. The Labute approximate surface area is 143 Å². The lowest BCUT2D eigenvalue weighted by atomic mass is 10.1. The van der Waals surface area contributed by atoms with Gasteiger partial charge in [-0.05, 0) is 36.4 Å². The lowest BCUT2D eigenvalue weighted by molar-refractivity contribution is 0.102. The minimum absolute atomic E-state index is 0.259. The zero-order chi connectivity index (χ0) is 17.2. The molecular weight excluding hydrogens is 318 g/mol. The monoisotopic (exact) mass is 333 g/mol. The van der Waals surface area contributed by atoms with Gasteiger partial charge in [0.25, 0.3) is 5.91 Å². The number of H-pyrrole nitrogens is 1. The first-order valence-corrected chi connectivity index (χ1v) is 7.67. The molecule has 7 heteroatoms. The molecule has 0 saturated heterocycles. The quantitative estimate of drug-likeness (QED) is 0.601. The summed E-state index contributed by atoms with van der Waals surface area (Å²) in [6, 6.07) is 14.7. The Morgan fingerprint density at radius 2 is 2.12 bits per heavy atom. The number of aromatic nitrogens is 4. The number of rotatable bonds is 4. The Balaban J connectivity index is 1.55. The van der Waals surface area contributed by atoms with Gasteiger partial charge in [0.05, 0.1) is 18.3 Å². The van der Waals surface area contributed by atoms with Crippen LogP contribution in [0.5, 0.6) is 5.75 Å². The summed E-state index contributed by atoms with van der Waals surface area (Å²) in [5.41, 5.74) is 3.52. The molecule has 0 unspecified atom stereocenters. The maximum absolute atomic E-state index is 12.4. The highest BCUT2D eigenvalue weighted by Crippen LogP contribution is 2.23. The van der Waals surface area contributed by atoms with E-state index in [1.807, 2.05) is 36.4 Å². The molecule has 0 fully saturated rings. The Hall–Kier alpha value is -3.61. The van der Waals surface area contributed by atoms with E-state index in [2.05, 4.69) is 20.6 Å². The second-order valence-corrected chi connectivity index (χ2v) is 5.47. The topological polar surface area (TPSA) is 84.3 Å². The largest absolute Gasteiger partial charge is 0.497 e. The summed E-state index contributed by atoms with van der Waals surface area (Å²) in [6.07, 6.45) is 3.50. The fraction of sp³-hybridized carbons (Fsp3) is 0.0556. The molecule has 0 radical (unpaired) electrons. The van der Waals surface area contributed by atoms with Crippen molar-refractivity contribution in [1.82, 2.24) is 19.8 Å². The number of hydrogen-bond acceptors (Lipinski definition) is 4. The molecule has 4 aromatic rings. The van der Waals surface area contributed by atoms with Gasteiger partial charge in [-0.1, -0.05) is 12.1 Å². The van der Waals surface area contributed by atoms with Crippen molar-refractivity contribution in [1.29, 1.82) is 0 Å². The third-order valence-corrected chi connectivity index (χ3v) is 3.85. The van der Waals surface area contributed by atoms with Crippen LogP contribution in [-0.2, 0) is 0 Å². The van der Waals surface area contributed by atoms with Crippen LogP contribution < -0.4 is 10.1 Å². The highest BCUT2D eigenvalue weighted by atomic mass is 16.5. The summed E-state index contributed by atoms with van der Waals surface area (Å²) in [7, 11) is 1.61. The molecular formula is C18H15N5O2. The molecule has 0 aliphatic rings. The minimum Gasteiger partial charge on any atom is -0.497 e. The van der Waals surface area contributed by atoms with Gasteiger partial charge in [-0.15, -0.1) is 0 Å². The number of aromatic amines is 1. The lowest BCUT2D eigenvalue weighted by Crippen LogP contribution is -2.12. The first-order chi connectivity index (χ1) is 12.2. The van der Waals surface area contributed by atoms with Crippen molar-refractivity contribution in [3.8, 4) is 17.0 Å². The van der Waals surface area contributed by atoms with Crippen LogP contribution in [0, 0.1) is 0 Å². The van der Waals surface area contributed by atoms with Crippen molar-refractivity contribution in [3.05, 3.63) is 66.6 Å². The molecule has 3 heterocycles. The molecule has 1 amide bonds. The van der Waals surface area contributed by atoms with Crippen LogP contribution in [0.3, 0.4) is 0 Å². The second kappa shape index (κ2) is 6.12. The molecule has 0 aliphatic carbocycles. The number of benzene rings is 1. The van der Waals surface area contributed by atoms with Crippen molar-refractivity contribution in [2.45, 2.75) is 0 Å². The third-order valence-electron chi connectivity index (χ3n) is 3.85. The number of hydrogen-bond donors (Lipinski definition) is 2. The number of fused-ring (bicyclic) bond motifs is 1. The number of nitrogens with zero attached hydrogens (tertiary/aromatic N) is 3. The first-order valence-electron chi connectivity index (χ1n) is 7.67. The van der Waals surface area contributed by atoms with Crippen molar-refractivity contribution < 1.29 is 9.53 Å². The van der Waals surface area contributed by atoms with Crippen LogP contribution in [0.4, 0.5) is 5.69 Å². The molecule has 0 atom stereocenters. The van der Waals surface area contributed by atoms with Crippen LogP contribution >= 0.6 is 0 Å². The minimum atomic E-state index is -0.259. The third kappa shape index (κ3) is 2.94. The van der Waals surface area contributed by atoms with E-state index < -0.39 is 0 Å². The molecule has 0 spiro atoms. The highest BCUT2D eigenvalue weighted by molar-refractivity contribution is 6.03. The van der Waals surface area contributed by atoms with E-state index in [4.69, 9.17) is 4.74 Å². The van der Waals surface area contributed by atoms with E-state index in [-0.39, 0.29) is 5.91 Å². The van der Waals surface area contributed by atoms with Gasteiger partial charge in [0.1, 0.15) is 11.4 Å². The van der Waals surface area contributed by atoms with E-state index in [1.54, 1.807) is 36.2 Å². The number of nitrogens with one attached hydrogen (secondary N) is 2. The summed E-state index contributed by atoms with van der Waals surface area (Å²) in [6.45, 7) is 0. The van der Waals surface area contributed by atoms with Gasteiger partial charge < -0.3 is 10.1 Å². The predicted molar refractivity (Wildman–Crippen MR) is 93.7 cm³/mol. The average molecular weight is 333 g/mol. The van der Waals surface area contributed by atoms with Crippen molar-refractivity contribution in [2.75, 3.05) is 12.4 Å². The fourth-order valence-corrected chi connectivity index (χ4v) is 2.57. The van der Waals surface area contributed by atoms with Crippen LogP contribution in [0.1, 0.15) is 10.5 Å². The van der Waals surface area contributed by atoms with Gasteiger partial charge in [0.2, 0.25) is 0 Å². The van der Waals surface area contributed by atoms with Crippen molar-refractivity contribution >= 4 is 17.1 Å². The van der Waals surface area contributed by atoms with Gasteiger partial charge in [-0.3, -0.25) is 9.89 Å². The standard InChI is InChI=1S/C18H15N5O2/c1-25-15-4-2-3-12(9-15)16-11-17(22-21-16)18(24)20-13-6-8-23-14(10-13)5-7-19-23/h2-11H,1H3,(H,20,24)(H,21,22). The maximum Gasteiger partial charge on any atom is 0.273 e. The summed E-state index contributed by atoms with van der Waals surface area (Å²) in [4.78, 5) is 12.4. The number of carbonyl (C=O) groups is 1. The van der Waals surface area contributed by atoms with Gasteiger partial charge in [0.15, 0.2) is 0 Å². The number of ether oxygens (including phenoxy) is 1. The second-order valence-electron chi connectivity index (χ2n) is 5.47. The molecule has 1 aromatic carbocycles. The fourth-order valence-electron chi connectivity index (χ4n) is 2.57. The zero-order valence-corrected chi connectivity index (χ0v) is 13.4. The SMILES string of the molecule is COc1cccc(-c2cc(C(=O)Nc3ccn4nccc4c3)[nH]n2)c1. The van der Waals surface area contributed by atoms with Gasteiger partial charge in [0, 0.05) is 23.6 Å². The zero-order valence-electron chi connectivity index (χ0n) is 13.4. The molecule has 124 valence electrons. The molecule has 4 rings (SSSR count). The Morgan fingerprint density at radius 1 is 1.20 bits per heavy atom. The predicted octanol–water partition coefficient (Wildman–Crippen LogP) is 2.99. The summed E-state index contributed by atoms with van der Waals surface area (Å²) in [5, 5.41) is 14.0.